The molecule has 0 saturated carbocycles. The summed E-state index contributed by atoms with van der Waals surface area (Å²) < 4.78 is 0. The molecule has 2 rings (SSSR count). The van der Waals surface area contributed by atoms with Gasteiger partial charge >= 0.3 is 0 Å². The molecule has 0 bridgehead atoms. The van der Waals surface area contributed by atoms with Crippen LogP contribution in [0, 0.1) is 6.92 Å². The third-order valence-electron chi connectivity index (χ3n) is 2.92. The molecule has 0 radical (unpaired) electrons. The third kappa shape index (κ3) is 2.50. The molecular weight excluding hydrogens is 232 g/mol. The average molecular weight is 247 g/mol. The van der Waals surface area contributed by atoms with Gasteiger partial charge in [-0.05, 0) is 29.7 Å². The van der Waals surface area contributed by atoms with Crippen LogP contribution in [0.25, 0.3) is 0 Å². The van der Waals surface area contributed by atoms with E-state index in [9.17, 15) is 0 Å². The lowest BCUT2D eigenvalue weighted by Crippen LogP contribution is -2.29. The fourth-order valence-electron chi connectivity index (χ4n) is 1.95. The van der Waals surface area contributed by atoms with Crippen LogP contribution in [-0.4, -0.2) is 0 Å². The molecule has 0 heterocycles. The molecule has 3 N–H and O–H groups in total. The zero-order valence-electron chi connectivity index (χ0n) is 9.65. The predicted octanol–water partition coefficient (Wildman–Crippen LogP) is 3.20. The SMILES string of the molecule is Cc1c(Cl)cccc1C(NN)c1ccccc1. The highest BCUT2D eigenvalue weighted by molar-refractivity contribution is 6.31. The summed E-state index contributed by atoms with van der Waals surface area (Å²) in [5.74, 6) is 5.66. The maximum atomic E-state index is 6.13. The molecular formula is C14H15ClN2. The van der Waals surface area contributed by atoms with E-state index in [4.69, 9.17) is 17.4 Å². The first kappa shape index (κ1) is 12.1. The van der Waals surface area contributed by atoms with E-state index in [-0.39, 0.29) is 6.04 Å². The monoisotopic (exact) mass is 246 g/mol. The summed E-state index contributed by atoms with van der Waals surface area (Å²) in [5.41, 5.74) is 6.13. The molecule has 0 aliphatic heterocycles. The van der Waals surface area contributed by atoms with Gasteiger partial charge in [0.1, 0.15) is 0 Å². The van der Waals surface area contributed by atoms with Crippen molar-refractivity contribution >= 4 is 11.6 Å². The Morgan fingerprint density at radius 2 is 1.76 bits per heavy atom. The molecule has 0 spiro atoms. The van der Waals surface area contributed by atoms with E-state index < -0.39 is 0 Å². The fraction of sp³-hybridized carbons (Fsp3) is 0.143. The maximum Gasteiger partial charge on any atom is 0.0713 e. The summed E-state index contributed by atoms with van der Waals surface area (Å²) in [5, 5.41) is 0.763. The van der Waals surface area contributed by atoms with Crippen LogP contribution in [-0.2, 0) is 0 Å². The Balaban J connectivity index is 2.46. The van der Waals surface area contributed by atoms with E-state index in [0.29, 0.717) is 0 Å². The summed E-state index contributed by atoms with van der Waals surface area (Å²) in [6.45, 7) is 2.00. The normalized spacial score (nSPS) is 12.4. The van der Waals surface area contributed by atoms with Gasteiger partial charge in [-0.2, -0.15) is 0 Å². The van der Waals surface area contributed by atoms with Crippen molar-refractivity contribution in [1.29, 1.82) is 0 Å². The topological polar surface area (TPSA) is 38.0 Å². The molecule has 2 nitrogen and oxygen atoms in total. The second kappa shape index (κ2) is 5.32. The van der Waals surface area contributed by atoms with Gasteiger partial charge in [-0.3, -0.25) is 5.84 Å². The minimum Gasteiger partial charge on any atom is -0.271 e. The number of rotatable bonds is 3. The van der Waals surface area contributed by atoms with Crippen molar-refractivity contribution in [3.8, 4) is 0 Å². The van der Waals surface area contributed by atoms with E-state index in [0.717, 1.165) is 21.7 Å². The Hall–Kier alpha value is -1.35. The smallest absolute Gasteiger partial charge is 0.0713 e. The Labute approximate surface area is 106 Å². The van der Waals surface area contributed by atoms with Crippen LogP contribution in [0.3, 0.4) is 0 Å². The first-order chi connectivity index (χ1) is 8.24. The summed E-state index contributed by atoms with van der Waals surface area (Å²) in [6, 6.07) is 15.9. The van der Waals surface area contributed by atoms with Crippen molar-refractivity contribution in [2.45, 2.75) is 13.0 Å². The lowest BCUT2D eigenvalue weighted by atomic mass is 9.95. The van der Waals surface area contributed by atoms with Gasteiger partial charge < -0.3 is 0 Å². The van der Waals surface area contributed by atoms with Crippen LogP contribution in [0.2, 0.25) is 5.02 Å². The second-order valence-electron chi connectivity index (χ2n) is 3.96. The average Bonchev–Trinajstić information content (AvgIpc) is 2.37. The van der Waals surface area contributed by atoms with Crippen LogP contribution < -0.4 is 11.3 Å². The molecule has 2 aromatic rings. The van der Waals surface area contributed by atoms with Gasteiger partial charge in [0.25, 0.3) is 0 Å². The van der Waals surface area contributed by atoms with Crippen molar-refractivity contribution in [3.05, 3.63) is 70.2 Å². The highest BCUT2D eigenvalue weighted by Crippen LogP contribution is 2.28. The van der Waals surface area contributed by atoms with Gasteiger partial charge in [0.2, 0.25) is 0 Å². The Morgan fingerprint density at radius 3 is 2.41 bits per heavy atom. The van der Waals surface area contributed by atoms with Crippen LogP contribution in [0.4, 0.5) is 0 Å². The first-order valence-corrected chi connectivity index (χ1v) is 5.88. The molecule has 0 aromatic heterocycles. The number of hydrogen-bond donors (Lipinski definition) is 2. The molecule has 0 aliphatic carbocycles. The molecule has 1 atom stereocenters. The van der Waals surface area contributed by atoms with Crippen molar-refractivity contribution in [1.82, 2.24) is 5.43 Å². The number of benzene rings is 2. The molecule has 88 valence electrons. The van der Waals surface area contributed by atoms with Crippen molar-refractivity contribution in [2.24, 2.45) is 5.84 Å². The van der Waals surface area contributed by atoms with E-state index in [1.807, 2.05) is 55.5 Å². The van der Waals surface area contributed by atoms with Gasteiger partial charge in [-0.15, -0.1) is 0 Å². The minimum atomic E-state index is -0.0325. The van der Waals surface area contributed by atoms with Gasteiger partial charge in [-0.25, -0.2) is 5.43 Å². The standard InChI is InChI=1S/C14H15ClN2/c1-10-12(8-5-9-13(10)15)14(17-16)11-6-3-2-4-7-11/h2-9,14,17H,16H2,1H3. The molecule has 1 unspecified atom stereocenters. The van der Waals surface area contributed by atoms with Crippen LogP contribution in [0.5, 0.6) is 0 Å². The van der Waals surface area contributed by atoms with Gasteiger partial charge in [0, 0.05) is 5.02 Å². The van der Waals surface area contributed by atoms with Crippen LogP contribution >= 0.6 is 11.6 Å². The molecule has 0 fully saturated rings. The summed E-state index contributed by atoms with van der Waals surface area (Å²) in [4.78, 5) is 0. The molecule has 0 saturated heterocycles. The zero-order chi connectivity index (χ0) is 12.3. The van der Waals surface area contributed by atoms with Gasteiger partial charge in [-0.1, -0.05) is 54.1 Å². The highest BCUT2D eigenvalue weighted by atomic mass is 35.5. The predicted molar refractivity (Wildman–Crippen MR) is 71.8 cm³/mol. The van der Waals surface area contributed by atoms with Gasteiger partial charge in [0.15, 0.2) is 0 Å². The summed E-state index contributed by atoms with van der Waals surface area (Å²) in [7, 11) is 0. The number of nitrogens with one attached hydrogen (secondary N) is 1. The van der Waals surface area contributed by atoms with Crippen LogP contribution in [0.15, 0.2) is 48.5 Å². The minimum absolute atomic E-state index is 0.0325. The van der Waals surface area contributed by atoms with Crippen LogP contribution in [0.1, 0.15) is 22.7 Å². The molecule has 17 heavy (non-hydrogen) atoms. The Morgan fingerprint density at radius 1 is 1.06 bits per heavy atom. The van der Waals surface area contributed by atoms with Gasteiger partial charge in [0.05, 0.1) is 6.04 Å². The summed E-state index contributed by atoms with van der Waals surface area (Å²) >= 11 is 6.13. The number of nitrogens with two attached hydrogens (primary N) is 1. The molecule has 0 aliphatic rings. The quantitative estimate of drug-likeness (QED) is 0.645. The van der Waals surface area contributed by atoms with E-state index in [1.165, 1.54) is 0 Å². The molecule has 3 heteroatoms. The molecule has 2 aromatic carbocycles. The van der Waals surface area contributed by atoms with Crippen molar-refractivity contribution in [3.63, 3.8) is 0 Å². The maximum absolute atomic E-state index is 6.13. The molecule has 0 amide bonds. The van der Waals surface area contributed by atoms with Crippen molar-refractivity contribution < 1.29 is 0 Å². The summed E-state index contributed by atoms with van der Waals surface area (Å²) in [6.07, 6.45) is 0. The van der Waals surface area contributed by atoms with E-state index >= 15 is 0 Å². The highest BCUT2D eigenvalue weighted by Gasteiger charge is 2.15. The second-order valence-corrected chi connectivity index (χ2v) is 4.37. The zero-order valence-corrected chi connectivity index (χ0v) is 10.4. The lowest BCUT2D eigenvalue weighted by Gasteiger charge is -2.19. The van der Waals surface area contributed by atoms with E-state index in [1.54, 1.807) is 0 Å². The number of hydrazine groups is 1. The van der Waals surface area contributed by atoms with E-state index in [2.05, 4.69) is 5.43 Å². The first-order valence-electron chi connectivity index (χ1n) is 5.50. The Kier molecular flexibility index (Phi) is 3.79. The lowest BCUT2D eigenvalue weighted by molar-refractivity contribution is 0.634. The largest absolute Gasteiger partial charge is 0.271 e. The number of hydrogen-bond acceptors (Lipinski definition) is 2. The fourth-order valence-corrected chi connectivity index (χ4v) is 2.13. The Bertz CT molecular complexity index is 497. The third-order valence-corrected chi connectivity index (χ3v) is 3.33. The number of halogens is 1. The van der Waals surface area contributed by atoms with Crippen molar-refractivity contribution in [2.75, 3.05) is 0 Å².